The van der Waals surface area contributed by atoms with Gasteiger partial charge in [-0.1, -0.05) is 26.2 Å². The summed E-state index contributed by atoms with van der Waals surface area (Å²) in [7, 11) is 0. The zero-order valence-corrected chi connectivity index (χ0v) is 13.5. The molecule has 1 amide bonds. The van der Waals surface area contributed by atoms with Crippen molar-refractivity contribution >= 4 is 17.6 Å². The molecule has 0 spiro atoms. The molecule has 0 bridgehead atoms. The zero-order chi connectivity index (χ0) is 16.5. The lowest BCUT2D eigenvalue weighted by Crippen LogP contribution is -2.15. The molecule has 1 atom stereocenters. The molecule has 0 saturated heterocycles. The molecule has 1 rings (SSSR count). The first-order chi connectivity index (χ1) is 10.4. The van der Waals surface area contributed by atoms with Crippen LogP contribution in [0.5, 0.6) is 5.75 Å². The van der Waals surface area contributed by atoms with Crippen molar-refractivity contribution in [3.8, 4) is 5.75 Å². The molecule has 5 heteroatoms. The molecule has 0 unspecified atom stereocenters. The summed E-state index contributed by atoms with van der Waals surface area (Å²) >= 11 is 0. The van der Waals surface area contributed by atoms with E-state index in [1.807, 2.05) is 6.92 Å². The summed E-state index contributed by atoms with van der Waals surface area (Å²) in [5, 5.41) is 11.7. The predicted octanol–water partition coefficient (Wildman–Crippen LogP) is 4.08. The van der Waals surface area contributed by atoms with Crippen molar-refractivity contribution in [3.63, 3.8) is 0 Å². The van der Waals surface area contributed by atoms with Crippen LogP contribution in [0.3, 0.4) is 0 Å². The zero-order valence-electron chi connectivity index (χ0n) is 13.5. The van der Waals surface area contributed by atoms with Crippen molar-refractivity contribution in [1.29, 1.82) is 0 Å². The number of rotatable bonds is 9. The van der Waals surface area contributed by atoms with Gasteiger partial charge in [-0.15, -0.1) is 0 Å². The Kier molecular flexibility index (Phi) is 7.43. The van der Waals surface area contributed by atoms with Gasteiger partial charge in [-0.05, 0) is 38.0 Å². The lowest BCUT2D eigenvalue weighted by atomic mass is 10.1. The maximum Gasteiger partial charge on any atom is 0.335 e. The minimum Gasteiger partial charge on any atom is -0.489 e. The first kappa shape index (κ1) is 18.0. The molecule has 122 valence electrons. The van der Waals surface area contributed by atoms with E-state index in [4.69, 9.17) is 9.84 Å². The minimum atomic E-state index is -1.04. The summed E-state index contributed by atoms with van der Waals surface area (Å²) in [6.07, 6.45) is 5.63. The first-order valence-corrected chi connectivity index (χ1v) is 7.75. The Morgan fingerprint density at radius 1 is 1.27 bits per heavy atom. The van der Waals surface area contributed by atoms with Crippen LogP contribution in [-0.2, 0) is 4.79 Å². The summed E-state index contributed by atoms with van der Waals surface area (Å²) in [5.74, 6) is -0.794. The smallest absolute Gasteiger partial charge is 0.335 e. The largest absolute Gasteiger partial charge is 0.489 e. The van der Waals surface area contributed by atoms with Gasteiger partial charge in [-0.2, -0.15) is 0 Å². The maximum absolute atomic E-state index is 11.3. The number of hydrogen-bond acceptors (Lipinski definition) is 3. The van der Waals surface area contributed by atoms with E-state index in [-0.39, 0.29) is 17.6 Å². The number of benzene rings is 1. The Labute approximate surface area is 131 Å². The molecule has 0 aliphatic carbocycles. The summed E-state index contributed by atoms with van der Waals surface area (Å²) < 4.78 is 5.85. The van der Waals surface area contributed by atoms with E-state index in [0.717, 1.165) is 12.8 Å². The van der Waals surface area contributed by atoms with Gasteiger partial charge in [0, 0.05) is 6.92 Å². The summed E-state index contributed by atoms with van der Waals surface area (Å²) in [5.41, 5.74) is 0.513. The van der Waals surface area contributed by atoms with Gasteiger partial charge in [0.25, 0.3) is 0 Å². The van der Waals surface area contributed by atoms with Crippen LogP contribution in [0.1, 0.15) is 63.2 Å². The molecule has 0 aliphatic rings. The lowest BCUT2D eigenvalue weighted by molar-refractivity contribution is -0.114. The number of nitrogens with one attached hydrogen (secondary N) is 1. The highest BCUT2D eigenvalue weighted by Gasteiger charge is 2.13. The molecule has 0 radical (unpaired) electrons. The van der Waals surface area contributed by atoms with Crippen LogP contribution in [0.2, 0.25) is 0 Å². The number of hydrogen-bond donors (Lipinski definition) is 2. The van der Waals surface area contributed by atoms with Gasteiger partial charge in [0.2, 0.25) is 5.91 Å². The third-order valence-electron chi connectivity index (χ3n) is 3.33. The van der Waals surface area contributed by atoms with Crippen molar-refractivity contribution in [1.82, 2.24) is 0 Å². The molecule has 0 aromatic heterocycles. The summed E-state index contributed by atoms with van der Waals surface area (Å²) in [6.45, 7) is 5.53. The normalized spacial score (nSPS) is 11.8. The second-order valence-corrected chi connectivity index (χ2v) is 5.48. The molecule has 5 nitrogen and oxygen atoms in total. The second-order valence-electron chi connectivity index (χ2n) is 5.48. The highest BCUT2D eigenvalue weighted by atomic mass is 16.5. The fourth-order valence-corrected chi connectivity index (χ4v) is 2.19. The van der Waals surface area contributed by atoms with Gasteiger partial charge in [0.1, 0.15) is 5.75 Å². The summed E-state index contributed by atoms with van der Waals surface area (Å²) in [6, 6.07) is 4.49. The third kappa shape index (κ3) is 6.16. The predicted molar refractivity (Wildman–Crippen MR) is 86.6 cm³/mol. The molecular weight excluding hydrogens is 282 g/mol. The van der Waals surface area contributed by atoms with Gasteiger partial charge < -0.3 is 15.2 Å². The lowest BCUT2D eigenvalue weighted by Gasteiger charge is -2.18. The number of aromatic carboxylic acids is 1. The maximum atomic E-state index is 11.3. The quantitative estimate of drug-likeness (QED) is 0.674. The molecular formula is C17H25NO4. The van der Waals surface area contributed by atoms with E-state index < -0.39 is 5.97 Å². The van der Waals surface area contributed by atoms with E-state index >= 15 is 0 Å². The number of carboxylic acid groups (broad SMARTS) is 1. The van der Waals surface area contributed by atoms with Crippen molar-refractivity contribution in [2.45, 2.75) is 59.0 Å². The molecule has 0 saturated carbocycles. The van der Waals surface area contributed by atoms with Crippen LogP contribution in [0.25, 0.3) is 0 Å². The molecule has 1 aromatic rings. The highest BCUT2D eigenvalue weighted by Crippen LogP contribution is 2.28. The van der Waals surface area contributed by atoms with E-state index in [2.05, 4.69) is 12.2 Å². The first-order valence-electron chi connectivity index (χ1n) is 7.75. The topological polar surface area (TPSA) is 75.6 Å². The molecule has 0 fully saturated rings. The van der Waals surface area contributed by atoms with Crippen LogP contribution in [-0.4, -0.2) is 23.1 Å². The minimum absolute atomic E-state index is 0.0139. The monoisotopic (exact) mass is 307 g/mol. The summed E-state index contributed by atoms with van der Waals surface area (Å²) in [4.78, 5) is 22.3. The number of unbranched alkanes of at least 4 members (excludes halogenated alkanes) is 3. The molecule has 0 heterocycles. The van der Waals surface area contributed by atoms with Gasteiger partial charge in [0.05, 0.1) is 17.4 Å². The molecule has 0 aliphatic heterocycles. The Bertz CT molecular complexity index is 513. The van der Waals surface area contributed by atoms with Crippen LogP contribution < -0.4 is 10.1 Å². The fraction of sp³-hybridized carbons (Fsp3) is 0.529. The number of ether oxygens (including phenoxy) is 1. The van der Waals surface area contributed by atoms with Crippen LogP contribution in [0.4, 0.5) is 5.69 Å². The number of carbonyl (C=O) groups is 2. The van der Waals surface area contributed by atoms with Gasteiger partial charge in [-0.3, -0.25) is 4.79 Å². The Morgan fingerprint density at radius 2 is 2.00 bits per heavy atom. The van der Waals surface area contributed by atoms with E-state index in [1.165, 1.54) is 38.3 Å². The van der Waals surface area contributed by atoms with E-state index in [0.29, 0.717) is 11.4 Å². The number of carboxylic acids is 1. The number of carbonyl (C=O) groups excluding carboxylic acids is 1. The standard InChI is InChI=1S/C17H25NO4/c1-4-5-6-7-8-12(2)22-16-10-9-14(17(20)21)11-15(16)18-13(3)19/h9-12H,4-8H2,1-3H3,(H,18,19)(H,20,21)/t12-/m1/s1. The Morgan fingerprint density at radius 3 is 2.59 bits per heavy atom. The fourth-order valence-electron chi connectivity index (χ4n) is 2.19. The van der Waals surface area contributed by atoms with Gasteiger partial charge in [-0.25, -0.2) is 4.79 Å². The Balaban J connectivity index is 2.75. The second kappa shape index (κ2) is 9.07. The van der Waals surface area contributed by atoms with E-state index in [1.54, 1.807) is 6.07 Å². The highest BCUT2D eigenvalue weighted by molar-refractivity contribution is 5.94. The van der Waals surface area contributed by atoms with E-state index in [9.17, 15) is 9.59 Å². The van der Waals surface area contributed by atoms with Crippen LogP contribution >= 0.6 is 0 Å². The Hall–Kier alpha value is -2.04. The average Bonchev–Trinajstić information content (AvgIpc) is 2.44. The average molecular weight is 307 g/mol. The molecule has 1 aromatic carbocycles. The van der Waals surface area contributed by atoms with Gasteiger partial charge in [0.15, 0.2) is 0 Å². The van der Waals surface area contributed by atoms with Crippen molar-refractivity contribution in [3.05, 3.63) is 23.8 Å². The van der Waals surface area contributed by atoms with Crippen LogP contribution in [0.15, 0.2) is 18.2 Å². The number of amides is 1. The van der Waals surface area contributed by atoms with Crippen molar-refractivity contribution in [2.75, 3.05) is 5.32 Å². The molecule has 2 N–H and O–H groups in total. The van der Waals surface area contributed by atoms with Crippen LogP contribution in [0, 0.1) is 0 Å². The molecule has 22 heavy (non-hydrogen) atoms. The van der Waals surface area contributed by atoms with Crippen molar-refractivity contribution < 1.29 is 19.4 Å². The van der Waals surface area contributed by atoms with Crippen molar-refractivity contribution in [2.24, 2.45) is 0 Å². The van der Waals surface area contributed by atoms with Gasteiger partial charge >= 0.3 is 5.97 Å². The third-order valence-corrected chi connectivity index (χ3v) is 3.33. The number of anilines is 1. The SMILES string of the molecule is CCCCCC[C@@H](C)Oc1ccc(C(=O)O)cc1NC(C)=O.